The monoisotopic (exact) mass is 575 g/mol. The van der Waals surface area contributed by atoms with Crippen molar-refractivity contribution in [2.24, 2.45) is 5.73 Å². The molecule has 1 fully saturated rings. The maximum absolute atomic E-state index is 13.4. The molecule has 41 heavy (non-hydrogen) atoms. The summed E-state index contributed by atoms with van der Waals surface area (Å²) in [6.07, 6.45) is 2.34. The number of benzene rings is 3. The fourth-order valence-corrected chi connectivity index (χ4v) is 5.72. The van der Waals surface area contributed by atoms with Crippen LogP contribution in [0, 0.1) is 6.92 Å². The maximum atomic E-state index is 13.4. The second kappa shape index (κ2) is 16.0. The predicted octanol–water partition coefficient (Wildman–Crippen LogP) is 4.52. The number of fused-ring (bicyclic) bond motifs is 1. The molecular formula is C33H42N3O4P. The Labute approximate surface area is 244 Å². The normalized spacial score (nSPS) is 18.4. The van der Waals surface area contributed by atoms with Crippen LogP contribution >= 0.6 is 9.24 Å². The van der Waals surface area contributed by atoms with Gasteiger partial charge in [0.1, 0.15) is 19.3 Å². The van der Waals surface area contributed by atoms with Gasteiger partial charge in [-0.1, -0.05) is 61.9 Å². The van der Waals surface area contributed by atoms with E-state index in [9.17, 15) is 9.90 Å². The van der Waals surface area contributed by atoms with Crippen LogP contribution in [0.25, 0.3) is 10.9 Å². The third kappa shape index (κ3) is 8.43. The molecule has 5 N–H and O–H groups in total. The van der Waals surface area contributed by atoms with Gasteiger partial charge in [-0.15, -0.1) is 9.24 Å². The lowest BCUT2D eigenvalue weighted by Crippen LogP contribution is -2.58. The molecule has 1 aromatic heterocycles. The van der Waals surface area contributed by atoms with E-state index in [1.165, 1.54) is 5.56 Å². The van der Waals surface area contributed by atoms with E-state index >= 15 is 0 Å². The summed E-state index contributed by atoms with van der Waals surface area (Å²) in [7, 11) is 2.72. The Bertz CT molecular complexity index is 1440. The molecule has 1 aliphatic rings. The molecule has 0 amide bonds. The molecule has 0 spiro atoms. The number of aromatic hydroxyl groups is 1. The lowest BCUT2D eigenvalue weighted by Gasteiger charge is -2.44. The van der Waals surface area contributed by atoms with Crippen molar-refractivity contribution in [1.29, 1.82) is 0 Å². The number of piperidine rings is 1. The first-order chi connectivity index (χ1) is 19.8. The Balaban J connectivity index is 0.000000921. The molecule has 4 unspecified atom stereocenters. The van der Waals surface area contributed by atoms with Crippen molar-refractivity contribution in [2.45, 2.75) is 57.5 Å². The van der Waals surface area contributed by atoms with Crippen molar-refractivity contribution in [3.63, 3.8) is 0 Å². The molecule has 1 saturated heterocycles. The number of H-pyrrole nitrogens is 1. The Morgan fingerprint density at radius 2 is 1.63 bits per heavy atom. The Morgan fingerprint density at radius 3 is 2.27 bits per heavy atom. The molecule has 3 aromatic carbocycles. The summed E-state index contributed by atoms with van der Waals surface area (Å²) in [5.41, 5.74) is 11.3. The number of pyridine rings is 1. The van der Waals surface area contributed by atoms with Gasteiger partial charge in [-0.25, -0.2) is 0 Å². The summed E-state index contributed by atoms with van der Waals surface area (Å²) in [6, 6.07) is 23.9. The van der Waals surface area contributed by atoms with Crippen molar-refractivity contribution in [3.05, 3.63) is 105 Å². The Kier molecular flexibility index (Phi) is 13.1. The molecule has 4 atom stereocenters. The predicted molar refractivity (Wildman–Crippen MR) is 172 cm³/mol. The van der Waals surface area contributed by atoms with Gasteiger partial charge < -0.3 is 30.7 Å². The highest BCUT2D eigenvalue weighted by molar-refractivity contribution is 7.27. The molecule has 218 valence electrons. The van der Waals surface area contributed by atoms with E-state index in [1.54, 1.807) is 12.1 Å². The van der Waals surface area contributed by atoms with E-state index in [4.69, 9.17) is 15.3 Å². The maximum Gasteiger partial charge on any atom is 0.252 e. The number of aromatic amines is 1. The summed E-state index contributed by atoms with van der Waals surface area (Å²) in [6.45, 7) is 10.8. The molecule has 1 aliphatic heterocycles. The van der Waals surface area contributed by atoms with E-state index in [1.807, 2.05) is 64.7 Å². The summed E-state index contributed by atoms with van der Waals surface area (Å²) in [4.78, 5) is 32.5. The van der Waals surface area contributed by atoms with Crippen LogP contribution in [0.4, 0.5) is 0 Å². The van der Waals surface area contributed by atoms with E-state index in [-0.39, 0.29) is 23.3 Å². The average Bonchev–Trinajstić information content (AvgIpc) is 2.99. The first-order valence-electron chi connectivity index (χ1n) is 13.7. The topological polar surface area (TPSA) is 125 Å². The van der Waals surface area contributed by atoms with Gasteiger partial charge in [0, 0.05) is 28.6 Å². The van der Waals surface area contributed by atoms with Crippen LogP contribution < -0.4 is 21.9 Å². The zero-order chi connectivity index (χ0) is 30.6. The van der Waals surface area contributed by atoms with Gasteiger partial charge in [0.25, 0.3) is 5.56 Å². The van der Waals surface area contributed by atoms with Crippen molar-refractivity contribution in [2.75, 3.05) is 6.54 Å². The molecule has 0 saturated carbocycles. The van der Waals surface area contributed by atoms with Crippen LogP contribution in [0.1, 0.15) is 54.9 Å². The standard InChI is InChI=1S/C29H32N3O2P.C2H6.2CH2O/c1-18-2-11-26-21(14-18)16-25(28(34)32-26)27(20-5-7-23(33)8-6-20)29(30)12-13-31-22(17-29)15-19-3-9-24(35)10-4-19;3*1-2/h2-11,14,16,22,27,31,33H,12-13,15,17,30,35H2,1H3,(H,32,34);1-2H3;2*1H2. The molecular weight excluding hydrogens is 533 g/mol. The molecule has 5 rings (SSSR count). The van der Waals surface area contributed by atoms with Gasteiger partial charge in [0.15, 0.2) is 0 Å². The van der Waals surface area contributed by atoms with Gasteiger partial charge in [-0.3, -0.25) is 4.79 Å². The molecule has 2 heterocycles. The molecule has 0 bridgehead atoms. The van der Waals surface area contributed by atoms with Crippen molar-refractivity contribution >= 4 is 39.0 Å². The number of carbonyl (C=O) groups is 2. The quantitative estimate of drug-likeness (QED) is 0.259. The summed E-state index contributed by atoms with van der Waals surface area (Å²) in [5, 5.41) is 15.7. The van der Waals surface area contributed by atoms with E-state index in [0.717, 1.165) is 53.1 Å². The second-order valence-electron chi connectivity index (χ2n) is 9.95. The molecule has 7 nitrogen and oxygen atoms in total. The molecule has 0 aliphatic carbocycles. The Morgan fingerprint density at radius 1 is 1.00 bits per heavy atom. The number of carbonyl (C=O) groups excluding carboxylic acids is 2. The third-order valence-corrected chi connectivity index (χ3v) is 7.64. The fraction of sp³-hybridized carbons (Fsp3) is 0.303. The summed E-state index contributed by atoms with van der Waals surface area (Å²) < 4.78 is 0. The van der Waals surface area contributed by atoms with E-state index in [0.29, 0.717) is 5.56 Å². The number of nitrogens with one attached hydrogen (secondary N) is 2. The largest absolute Gasteiger partial charge is 0.508 e. The zero-order valence-electron chi connectivity index (χ0n) is 24.2. The SMILES string of the molecule is C=O.C=O.CC.Cc1ccc2[nH]c(=O)c(C(c3ccc(O)cc3)C3(N)CCNC(Cc4ccc(P)cc4)C3)cc2c1. The Hall–Kier alpha value is -3.64. The minimum absolute atomic E-state index is 0.115. The number of phenolic OH excluding ortho intramolecular Hbond substituents is 1. The van der Waals surface area contributed by atoms with Crippen LogP contribution in [-0.2, 0) is 16.0 Å². The number of aromatic nitrogens is 1. The fourth-order valence-electron chi connectivity index (χ4n) is 5.53. The smallest absolute Gasteiger partial charge is 0.252 e. The number of phenols is 1. The second-order valence-corrected chi connectivity index (χ2v) is 10.6. The number of hydrogen-bond donors (Lipinski definition) is 4. The van der Waals surface area contributed by atoms with Crippen LogP contribution in [-0.4, -0.2) is 41.8 Å². The van der Waals surface area contributed by atoms with Crippen molar-refractivity contribution in [3.8, 4) is 5.75 Å². The molecule has 4 aromatic rings. The highest BCUT2D eigenvalue weighted by Gasteiger charge is 2.42. The van der Waals surface area contributed by atoms with Gasteiger partial charge in [-0.2, -0.15) is 0 Å². The number of hydrogen-bond acceptors (Lipinski definition) is 6. The molecule has 8 heteroatoms. The highest BCUT2D eigenvalue weighted by Crippen LogP contribution is 2.40. The van der Waals surface area contributed by atoms with Crippen LogP contribution in [0.15, 0.2) is 77.6 Å². The first-order valence-corrected chi connectivity index (χ1v) is 14.3. The average molecular weight is 576 g/mol. The third-order valence-electron chi connectivity index (χ3n) is 7.25. The number of nitrogens with two attached hydrogens (primary N) is 1. The van der Waals surface area contributed by atoms with E-state index in [2.05, 4.69) is 49.9 Å². The minimum Gasteiger partial charge on any atom is -0.508 e. The first kappa shape index (κ1) is 33.6. The lowest BCUT2D eigenvalue weighted by atomic mass is 9.68. The molecule has 0 radical (unpaired) electrons. The van der Waals surface area contributed by atoms with Gasteiger partial charge in [-0.05, 0) is 84.9 Å². The summed E-state index contributed by atoms with van der Waals surface area (Å²) >= 11 is 0. The zero-order valence-corrected chi connectivity index (χ0v) is 25.3. The highest BCUT2D eigenvalue weighted by atomic mass is 31.0. The van der Waals surface area contributed by atoms with Crippen LogP contribution in [0.3, 0.4) is 0 Å². The number of rotatable bonds is 5. The van der Waals surface area contributed by atoms with Crippen LogP contribution in [0.5, 0.6) is 5.75 Å². The van der Waals surface area contributed by atoms with Gasteiger partial charge >= 0.3 is 0 Å². The van der Waals surface area contributed by atoms with Crippen LogP contribution in [0.2, 0.25) is 0 Å². The number of aryl methyl sites for hydroxylation is 1. The minimum atomic E-state index is -0.627. The summed E-state index contributed by atoms with van der Waals surface area (Å²) in [5.74, 6) is -0.113. The van der Waals surface area contributed by atoms with Crippen molar-refractivity contribution < 1.29 is 14.7 Å². The van der Waals surface area contributed by atoms with Crippen molar-refractivity contribution in [1.82, 2.24) is 10.3 Å². The van der Waals surface area contributed by atoms with Gasteiger partial charge in [0.2, 0.25) is 0 Å². The lowest BCUT2D eigenvalue weighted by molar-refractivity contribution is -0.0987. The van der Waals surface area contributed by atoms with Gasteiger partial charge in [0.05, 0.1) is 0 Å². The van der Waals surface area contributed by atoms with E-state index < -0.39 is 5.54 Å².